The zero-order valence-corrected chi connectivity index (χ0v) is 18.1. The topological polar surface area (TPSA) is 52.0 Å². The number of nitrogens with zero attached hydrogens (tertiary/aromatic N) is 4. The van der Waals surface area contributed by atoms with Gasteiger partial charge < -0.3 is 14.6 Å². The number of hydrogen-bond donors (Lipinski definition) is 1. The lowest BCUT2D eigenvalue weighted by molar-refractivity contribution is -0.131. The van der Waals surface area contributed by atoms with Crippen LogP contribution < -0.4 is 0 Å². The molecule has 2 aliphatic rings. The summed E-state index contributed by atoms with van der Waals surface area (Å²) in [5.74, 6) is 0.275. The van der Waals surface area contributed by atoms with E-state index in [4.69, 9.17) is 0 Å². The third-order valence-electron chi connectivity index (χ3n) is 6.82. The molecular weight excluding hydrogens is 388 g/mol. The summed E-state index contributed by atoms with van der Waals surface area (Å²) in [4.78, 5) is 19.0. The maximum Gasteiger partial charge on any atom is 0.236 e. The van der Waals surface area contributed by atoms with Gasteiger partial charge in [-0.2, -0.15) is 0 Å². The minimum atomic E-state index is -0.433. The number of likely N-dealkylation sites (tertiary alicyclic amines) is 1. The lowest BCUT2D eigenvalue weighted by atomic mass is 10.2. The van der Waals surface area contributed by atoms with Crippen LogP contribution in [0.1, 0.15) is 12.8 Å². The number of fused-ring (bicyclic) bond motifs is 3. The third-order valence-corrected chi connectivity index (χ3v) is 6.82. The van der Waals surface area contributed by atoms with Gasteiger partial charge in [-0.3, -0.25) is 14.6 Å². The van der Waals surface area contributed by atoms with Crippen molar-refractivity contribution in [3.63, 3.8) is 0 Å². The van der Waals surface area contributed by atoms with E-state index in [9.17, 15) is 9.90 Å². The van der Waals surface area contributed by atoms with Crippen molar-refractivity contribution in [1.82, 2.24) is 19.3 Å². The number of aliphatic hydroxyl groups excluding tert-OH is 1. The molecular formula is C25H32N4O2. The van der Waals surface area contributed by atoms with Gasteiger partial charge in [0.05, 0.1) is 19.2 Å². The number of amides is 1. The zero-order valence-electron chi connectivity index (χ0n) is 18.1. The Morgan fingerprint density at radius 1 is 0.774 bits per heavy atom. The average molecular weight is 421 g/mol. The van der Waals surface area contributed by atoms with E-state index in [0.29, 0.717) is 19.6 Å². The van der Waals surface area contributed by atoms with E-state index in [-0.39, 0.29) is 5.91 Å². The predicted octanol–water partition coefficient (Wildman–Crippen LogP) is 2.40. The molecule has 2 saturated heterocycles. The van der Waals surface area contributed by atoms with Crippen molar-refractivity contribution in [3.8, 4) is 0 Å². The number of β-amino-alcohol motifs (C(OH)–C–C–N with tert-alkyl or cyclic N) is 1. The highest BCUT2D eigenvalue weighted by Gasteiger charge is 2.24. The molecule has 0 bridgehead atoms. The largest absolute Gasteiger partial charge is 0.390 e. The van der Waals surface area contributed by atoms with E-state index in [2.05, 4.69) is 62.9 Å². The van der Waals surface area contributed by atoms with Crippen LogP contribution in [0, 0.1) is 0 Å². The van der Waals surface area contributed by atoms with Gasteiger partial charge in [-0.15, -0.1) is 0 Å². The fourth-order valence-electron chi connectivity index (χ4n) is 5.15. The van der Waals surface area contributed by atoms with E-state index < -0.39 is 6.10 Å². The van der Waals surface area contributed by atoms with Gasteiger partial charge in [0.2, 0.25) is 5.91 Å². The second-order valence-corrected chi connectivity index (χ2v) is 8.96. The number of benzene rings is 2. The van der Waals surface area contributed by atoms with Gasteiger partial charge in [0.15, 0.2) is 0 Å². The minimum absolute atomic E-state index is 0.275. The summed E-state index contributed by atoms with van der Waals surface area (Å²) < 4.78 is 2.25. The molecule has 0 spiro atoms. The molecule has 164 valence electrons. The highest BCUT2D eigenvalue weighted by atomic mass is 16.3. The smallest absolute Gasteiger partial charge is 0.236 e. The summed E-state index contributed by atoms with van der Waals surface area (Å²) in [6.07, 6.45) is 1.85. The molecule has 6 heteroatoms. The quantitative estimate of drug-likeness (QED) is 0.665. The lowest BCUT2D eigenvalue weighted by Gasteiger charge is -2.36. The lowest BCUT2D eigenvalue weighted by Crippen LogP contribution is -2.51. The Labute approximate surface area is 183 Å². The Hall–Kier alpha value is -2.41. The normalized spacial score (nSPS) is 19.5. The monoisotopic (exact) mass is 420 g/mol. The number of aromatic nitrogens is 1. The first-order chi connectivity index (χ1) is 15.2. The summed E-state index contributed by atoms with van der Waals surface area (Å²) >= 11 is 0. The summed E-state index contributed by atoms with van der Waals surface area (Å²) in [6.45, 7) is 7.22. The van der Waals surface area contributed by atoms with Crippen molar-refractivity contribution in [3.05, 3.63) is 48.5 Å². The number of piperazine rings is 1. The summed E-state index contributed by atoms with van der Waals surface area (Å²) in [6, 6.07) is 16.9. The first-order valence-corrected chi connectivity index (χ1v) is 11.6. The maximum atomic E-state index is 12.4. The van der Waals surface area contributed by atoms with Crippen molar-refractivity contribution in [2.45, 2.75) is 25.5 Å². The number of rotatable bonds is 6. The fraction of sp³-hybridized carbons (Fsp3) is 0.480. The molecule has 0 saturated carbocycles. The second kappa shape index (κ2) is 8.99. The molecule has 1 amide bonds. The SMILES string of the molecule is O=C(CN1CCN(C[C@@H](O)Cn2c3ccccc3c3ccccc32)CC1)N1CCCC1. The first kappa shape index (κ1) is 20.5. The average Bonchev–Trinajstić information content (AvgIpc) is 3.43. The van der Waals surface area contributed by atoms with E-state index in [0.717, 1.165) is 52.1 Å². The molecule has 5 rings (SSSR count). The number of para-hydroxylation sites is 2. The molecule has 2 aliphatic heterocycles. The molecule has 1 atom stereocenters. The van der Waals surface area contributed by atoms with Gasteiger partial charge in [0, 0.05) is 67.6 Å². The van der Waals surface area contributed by atoms with Crippen LogP contribution in [0.15, 0.2) is 48.5 Å². The molecule has 0 radical (unpaired) electrons. The van der Waals surface area contributed by atoms with Crippen LogP contribution in [0.4, 0.5) is 0 Å². The Morgan fingerprint density at radius 3 is 1.94 bits per heavy atom. The van der Waals surface area contributed by atoms with E-state index in [1.165, 1.54) is 21.8 Å². The Morgan fingerprint density at radius 2 is 1.32 bits per heavy atom. The van der Waals surface area contributed by atoms with Crippen molar-refractivity contribution < 1.29 is 9.90 Å². The van der Waals surface area contributed by atoms with Crippen LogP contribution >= 0.6 is 0 Å². The molecule has 1 N–H and O–H groups in total. The minimum Gasteiger partial charge on any atom is -0.390 e. The molecule has 1 aromatic heterocycles. The molecule has 6 nitrogen and oxygen atoms in total. The van der Waals surface area contributed by atoms with Gasteiger partial charge in [-0.05, 0) is 25.0 Å². The molecule has 2 fully saturated rings. The molecule has 3 heterocycles. The van der Waals surface area contributed by atoms with Crippen LogP contribution in [0.5, 0.6) is 0 Å². The Balaban J connectivity index is 1.18. The van der Waals surface area contributed by atoms with Gasteiger partial charge in [-0.1, -0.05) is 36.4 Å². The van der Waals surface area contributed by atoms with Gasteiger partial charge >= 0.3 is 0 Å². The van der Waals surface area contributed by atoms with Gasteiger partial charge in [0.25, 0.3) is 0 Å². The maximum absolute atomic E-state index is 12.4. The van der Waals surface area contributed by atoms with Crippen LogP contribution in [-0.2, 0) is 11.3 Å². The summed E-state index contributed by atoms with van der Waals surface area (Å²) in [7, 11) is 0. The molecule has 0 unspecified atom stereocenters. The highest BCUT2D eigenvalue weighted by molar-refractivity contribution is 6.07. The van der Waals surface area contributed by atoms with E-state index in [1.807, 2.05) is 4.90 Å². The zero-order chi connectivity index (χ0) is 21.2. The van der Waals surface area contributed by atoms with Crippen molar-refractivity contribution >= 4 is 27.7 Å². The number of hydrogen-bond acceptors (Lipinski definition) is 4. The van der Waals surface area contributed by atoms with E-state index in [1.54, 1.807) is 0 Å². The second-order valence-electron chi connectivity index (χ2n) is 8.96. The highest BCUT2D eigenvalue weighted by Crippen LogP contribution is 2.28. The third kappa shape index (κ3) is 4.33. The first-order valence-electron chi connectivity index (χ1n) is 11.6. The standard InChI is InChI=1S/C25H32N4O2/c30-20(17-26-13-15-27(16-14-26)19-25(31)28-11-5-6-12-28)18-29-23-9-3-1-7-21(23)22-8-2-4-10-24(22)29/h1-4,7-10,20,30H,5-6,11-19H2/t20-/m1/s1. The fourth-order valence-corrected chi connectivity index (χ4v) is 5.15. The number of carbonyl (C=O) groups excluding carboxylic acids is 1. The number of aliphatic hydroxyl groups is 1. The van der Waals surface area contributed by atoms with Gasteiger partial charge in [0.1, 0.15) is 0 Å². The van der Waals surface area contributed by atoms with Crippen LogP contribution in [0.2, 0.25) is 0 Å². The predicted molar refractivity (Wildman–Crippen MR) is 124 cm³/mol. The number of carbonyl (C=O) groups is 1. The van der Waals surface area contributed by atoms with Crippen LogP contribution in [-0.4, -0.2) is 88.7 Å². The molecule has 3 aromatic rings. The summed E-state index contributed by atoms with van der Waals surface area (Å²) in [5.41, 5.74) is 2.35. The van der Waals surface area contributed by atoms with Crippen LogP contribution in [0.3, 0.4) is 0 Å². The van der Waals surface area contributed by atoms with Gasteiger partial charge in [-0.25, -0.2) is 0 Å². The molecule has 2 aromatic carbocycles. The summed E-state index contributed by atoms with van der Waals surface area (Å²) in [5, 5.41) is 13.4. The molecule has 0 aliphatic carbocycles. The van der Waals surface area contributed by atoms with Crippen molar-refractivity contribution in [2.24, 2.45) is 0 Å². The Bertz CT molecular complexity index is 995. The van der Waals surface area contributed by atoms with Crippen molar-refractivity contribution in [1.29, 1.82) is 0 Å². The van der Waals surface area contributed by atoms with Crippen molar-refractivity contribution in [2.75, 3.05) is 52.4 Å². The Kier molecular flexibility index (Phi) is 5.94. The van der Waals surface area contributed by atoms with E-state index >= 15 is 0 Å². The van der Waals surface area contributed by atoms with Crippen LogP contribution in [0.25, 0.3) is 21.8 Å². The molecule has 31 heavy (non-hydrogen) atoms.